The molecule has 1 aliphatic carbocycles. The molecule has 5 nitrogen and oxygen atoms in total. The van der Waals surface area contributed by atoms with Crippen LogP contribution in [0.15, 0.2) is 0 Å². The van der Waals surface area contributed by atoms with Gasteiger partial charge in [-0.3, -0.25) is 14.5 Å². The van der Waals surface area contributed by atoms with E-state index in [0.717, 1.165) is 6.42 Å². The molecule has 4 N–H and O–H groups in total. The number of nitrogens with two attached hydrogens (primary N) is 2. The van der Waals surface area contributed by atoms with Crippen LogP contribution in [0.1, 0.15) is 6.42 Å². The van der Waals surface area contributed by atoms with Crippen molar-refractivity contribution in [1.82, 2.24) is 4.90 Å². The molecule has 2 amide bonds. The summed E-state index contributed by atoms with van der Waals surface area (Å²) in [4.78, 5) is 24.3. The summed E-state index contributed by atoms with van der Waals surface area (Å²) in [5, 5.41) is 0. The van der Waals surface area contributed by atoms with Crippen LogP contribution in [0.2, 0.25) is 0 Å². The van der Waals surface area contributed by atoms with Gasteiger partial charge in [0.1, 0.15) is 0 Å². The molecule has 2 rings (SSSR count). The summed E-state index contributed by atoms with van der Waals surface area (Å²) in [6.07, 6.45) is 0.732. The number of piperidine rings is 1. The molecule has 0 aromatic rings. The minimum Gasteiger partial charge on any atom is -0.328 e. The van der Waals surface area contributed by atoms with Crippen LogP contribution in [0.5, 0.6) is 0 Å². The minimum absolute atomic E-state index is 0.0481. The molecule has 5 heteroatoms. The largest absolute Gasteiger partial charge is 0.328 e. The summed E-state index contributed by atoms with van der Waals surface area (Å²) in [5.41, 5.74) is 10.8. The van der Waals surface area contributed by atoms with Gasteiger partial charge in [-0.1, -0.05) is 0 Å². The predicted molar refractivity (Wildman–Crippen MR) is 45.3 cm³/mol. The number of hydrogen-bond acceptors (Lipinski definition) is 4. The molecule has 0 radical (unpaired) electrons. The van der Waals surface area contributed by atoms with E-state index in [1.807, 2.05) is 0 Å². The average molecular weight is 183 g/mol. The maximum atomic E-state index is 11.5. The molecule has 2 atom stereocenters. The maximum Gasteiger partial charge on any atom is 0.233 e. The molecule has 1 aliphatic heterocycles. The lowest BCUT2D eigenvalue weighted by Crippen LogP contribution is -2.49. The highest BCUT2D eigenvalue weighted by atomic mass is 16.2. The Balaban J connectivity index is 2.15. The van der Waals surface area contributed by atoms with Crippen molar-refractivity contribution < 1.29 is 9.59 Å². The molecule has 1 saturated heterocycles. The van der Waals surface area contributed by atoms with E-state index < -0.39 is 0 Å². The first-order chi connectivity index (χ1) is 6.20. The summed E-state index contributed by atoms with van der Waals surface area (Å²) in [6.45, 7) is 0.515. The van der Waals surface area contributed by atoms with Crippen molar-refractivity contribution in [3.8, 4) is 0 Å². The van der Waals surface area contributed by atoms with Gasteiger partial charge in [0.25, 0.3) is 0 Å². The normalized spacial score (nSPS) is 31.5. The lowest BCUT2D eigenvalue weighted by Gasteiger charge is -2.24. The number of carbonyl (C=O) groups is 2. The van der Waals surface area contributed by atoms with Crippen molar-refractivity contribution in [2.24, 2.45) is 23.3 Å². The van der Waals surface area contributed by atoms with Crippen LogP contribution in [0, 0.1) is 11.8 Å². The molecular formula is C8H13N3O2. The number of rotatable bonds is 3. The van der Waals surface area contributed by atoms with Crippen LogP contribution in [-0.4, -0.2) is 35.8 Å². The Kier molecular flexibility index (Phi) is 1.85. The Hall–Kier alpha value is -0.940. The quantitative estimate of drug-likeness (QED) is 0.509. The van der Waals surface area contributed by atoms with E-state index in [1.165, 1.54) is 4.90 Å². The van der Waals surface area contributed by atoms with E-state index in [9.17, 15) is 9.59 Å². The summed E-state index contributed by atoms with van der Waals surface area (Å²) in [5.74, 6) is -0.243. The zero-order valence-electron chi connectivity index (χ0n) is 7.27. The minimum atomic E-state index is -0.298. The van der Waals surface area contributed by atoms with Crippen LogP contribution in [-0.2, 0) is 9.59 Å². The number of imide groups is 1. The molecule has 0 aromatic heterocycles. The first kappa shape index (κ1) is 8.65. The van der Waals surface area contributed by atoms with E-state index in [0.29, 0.717) is 0 Å². The second kappa shape index (κ2) is 2.78. The van der Waals surface area contributed by atoms with Gasteiger partial charge in [0, 0.05) is 13.1 Å². The summed E-state index contributed by atoms with van der Waals surface area (Å²) >= 11 is 0. The third-order valence-corrected chi connectivity index (χ3v) is 2.81. The molecule has 2 aliphatic rings. The average Bonchev–Trinajstić information content (AvgIpc) is 2.86. The Morgan fingerprint density at radius 1 is 1.23 bits per heavy atom. The van der Waals surface area contributed by atoms with Crippen molar-refractivity contribution in [3.05, 3.63) is 0 Å². The van der Waals surface area contributed by atoms with Crippen molar-refractivity contribution >= 4 is 11.8 Å². The van der Waals surface area contributed by atoms with E-state index in [4.69, 9.17) is 11.5 Å². The first-order valence-corrected chi connectivity index (χ1v) is 4.47. The molecule has 2 fully saturated rings. The molecule has 1 heterocycles. The highest BCUT2D eigenvalue weighted by Gasteiger charge is 2.59. The highest BCUT2D eigenvalue weighted by Crippen LogP contribution is 2.47. The lowest BCUT2D eigenvalue weighted by molar-refractivity contribution is -0.143. The van der Waals surface area contributed by atoms with Gasteiger partial charge in [-0.05, 0) is 6.42 Å². The van der Waals surface area contributed by atoms with Gasteiger partial charge in [0.05, 0.1) is 17.9 Å². The number of hydrogen-bond donors (Lipinski definition) is 2. The lowest BCUT2D eigenvalue weighted by atomic mass is 10.2. The number of fused-ring (bicyclic) bond motifs is 1. The Morgan fingerprint density at radius 2 is 1.69 bits per heavy atom. The summed E-state index contributed by atoms with van der Waals surface area (Å²) < 4.78 is 0. The number of likely N-dealkylation sites (tertiary alicyclic amines) is 1. The van der Waals surface area contributed by atoms with Crippen LogP contribution >= 0.6 is 0 Å². The number of carbonyl (C=O) groups excluding carboxylic acids is 2. The van der Waals surface area contributed by atoms with Gasteiger partial charge in [-0.25, -0.2) is 0 Å². The molecule has 2 unspecified atom stereocenters. The highest BCUT2D eigenvalue weighted by molar-refractivity contribution is 6.09. The topological polar surface area (TPSA) is 89.4 Å². The summed E-state index contributed by atoms with van der Waals surface area (Å²) in [6, 6.07) is -0.298. The van der Waals surface area contributed by atoms with Crippen LogP contribution in [0.3, 0.4) is 0 Å². The van der Waals surface area contributed by atoms with Crippen molar-refractivity contribution in [2.45, 2.75) is 12.5 Å². The molecule has 1 saturated carbocycles. The number of amides is 2. The van der Waals surface area contributed by atoms with Gasteiger partial charge in [-0.15, -0.1) is 0 Å². The maximum absolute atomic E-state index is 11.5. The molecule has 0 bridgehead atoms. The molecular weight excluding hydrogens is 170 g/mol. The van der Waals surface area contributed by atoms with Gasteiger partial charge < -0.3 is 11.5 Å². The number of nitrogens with zero attached hydrogens (tertiary/aromatic N) is 1. The van der Waals surface area contributed by atoms with E-state index in [2.05, 4.69) is 0 Å². The molecule has 13 heavy (non-hydrogen) atoms. The van der Waals surface area contributed by atoms with Gasteiger partial charge >= 0.3 is 0 Å². The molecule has 0 spiro atoms. The predicted octanol–water partition coefficient (Wildman–Crippen LogP) is -1.72. The zero-order valence-corrected chi connectivity index (χ0v) is 7.27. The van der Waals surface area contributed by atoms with Gasteiger partial charge in [0.15, 0.2) is 0 Å². The molecule has 72 valence electrons. The molecule has 0 aromatic carbocycles. The second-order valence-corrected chi connectivity index (χ2v) is 3.62. The van der Waals surface area contributed by atoms with Crippen LogP contribution in [0.4, 0.5) is 0 Å². The fourth-order valence-corrected chi connectivity index (χ4v) is 1.87. The van der Waals surface area contributed by atoms with Crippen molar-refractivity contribution in [2.75, 3.05) is 13.1 Å². The Morgan fingerprint density at radius 3 is 2.08 bits per heavy atom. The summed E-state index contributed by atoms with van der Waals surface area (Å²) in [7, 11) is 0. The van der Waals surface area contributed by atoms with Crippen molar-refractivity contribution in [1.29, 1.82) is 0 Å². The zero-order chi connectivity index (χ0) is 9.59. The standard InChI is InChI=1S/C8H13N3O2/c9-2-4(3-10)11-7(12)5-1-6(5)8(11)13/h4-6H,1-3,9-10H2. The fraction of sp³-hybridized carbons (Fsp3) is 0.750. The smallest absolute Gasteiger partial charge is 0.233 e. The van der Waals surface area contributed by atoms with E-state index >= 15 is 0 Å². The SMILES string of the molecule is NCC(CN)N1C(=O)C2CC2C1=O. The monoisotopic (exact) mass is 183 g/mol. The van der Waals surface area contributed by atoms with Crippen LogP contribution < -0.4 is 11.5 Å². The Bertz CT molecular complexity index is 242. The first-order valence-electron chi connectivity index (χ1n) is 4.47. The third-order valence-electron chi connectivity index (χ3n) is 2.81. The van der Waals surface area contributed by atoms with E-state index in [-0.39, 0.29) is 42.8 Å². The van der Waals surface area contributed by atoms with Crippen LogP contribution in [0.25, 0.3) is 0 Å². The van der Waals surface area contributed by atoms with Gasteiger partial charge in [-0.2, -0.15) is 0 Å². The van der Waals surface area contributed by atoms with Crippen molar-refractivity contribution in [3.63, 3.8) is 0 Å². The Labute approximate surface area is 76.0 Å². The third kappa shape index (κ3) is 1.08. The van der Waals surface area contributed by atoms with Gasteiger partial charge in [0.2, 0.25) is 11.8 Å². The fourth-order valence-electron chi connectivity index (χ4n) is 1.87. The van der Waals surface area contributed by atoms with E-state index in [1.54, 1.807) is 0 Å². The second-order valence-electron chi connectivity index (χ2n) is 3.62.